The maximum Gasteiger partial charge on any atom is 0.224 e. The van der Waals surface area contributed by atoms with Crippen LogP contribution in [0.15, 0.2) is 29.2 Å². The van der Waals surface area contributed by atoms with Gasteiger partial charge in [-0.3, -0.25) is 4.79 Å². The van der Waals surface area contributed by atoms with Crippen molar-refractivity contribution in [3.63, 3.8) is 0 Å². The highest BCUT2D eigenvalue weighted by Gasteiger charge is 2.31. The number of carbonyl (C=O) groups excluding carboxylic acids is 1. The Hall–Kier alpha value is -1.56. The molecule has 122 valence electrons. The van der Waals surface area contributed by atoms with E-state index in [1.165, 1.54) is 0 Å². The fourth-order valence-corrected chi connectivity index (χ4v) is 4.07. The summed E-state index contributed by atoms with van der Waals surface area (Å²) in [5.74, 6) is -0.0286. The molecular weight excluding hydrogens is 300 g/mol. The Balaban J connectivity index is 2.28. The summed E-state index contributed by atoms with van der Waals surface area (Å²) < 4.78 is 24.4. The molecule has 5 nitrogen and oxygen atoms in total. The number of benzene rings is 1. The number of anilines is 1. The summed E-state index contributed by atoms with van der Waals surface area (Å²) in [6, 6.07) is 6.91. The minimum atomic E-state index is -3.29. The summed E-state index contributed by atoms with van der Waals surface area (Å²) in [6.07, 6.45) is 3.79. The van der Waals surface area contributed by atoms with Gasteiger partial charge in [0.05, 0.1) is 22.3 Å². The molecule has 1 aliphatic rings. The number of sulfone groups is 1. The first-order valence-electron chi connectivity index (χ1n) is 7.79. The van der Waals surface area contributed by atoms with Crippen LogP contribution in [0.4, 0.5) is 5.69 Å². The van der Waals surface area contributed by atoms with E-state index in [4.69, 9.17) is 0 Å². The van der Waals surface area contributed by atoms with Gasteiger partial charge in [-0.1, -0.05) is 31.9 Å². The Labute approximate surface area is 132 Å². The van der Waals surface area contributed by atoms with Crippen LogP contribution >= 0.6 is 0 Å². The quantitative estimate of drug-likeness (QED) is 0.870. The highest BCUT2D eigenvalue weighted by Crippen LogP contribution is 2.30. The molecule has 0 spiro atoms. The summed E-state index contributed by atoms with van der Waals surface area (Å²) >= 11 is 0. The highest BCUT2D eigenvalue weighted by atomic mass is 32.2. The van der Waals surface area contributed by atoms with Gasteiger partial charge in [0.2, 0.25) is 5.91 Å². The van der Waals surface area contributed by atoms with Gasteiger partial charge in [0.15, 0.2) is 9.84 Å². The molecule has 0 unspecified atom stereocenters. The fraction of sp³-hybridized carbons (Fsp3) is 0.562. The van der Waals surface area contributed by atoms with E-state index in [0.29, 0.717) is 10.6 Å². The van der Waals surface area contributed by atoms with Crippen molar-refractivity contribution in [3.05, 3.63) is 24.3 Å². The minimum absolute atomic E-state index is 0.0213. The molecule has 0 radical (unpaired) electrons. The molecule has 0 bridgehead atoms. The van der Waals surface area contributed by atoms with Crippen molar-refractivity contribution in [2.24, 2.45) is 5.92 Å². The van der Waals surface area contributed by atoms with E-state index >= 15 is 0 Å². The van der Waals surface area contributed by atoms with Gasteiger partial charge in [0, 0.05) is 13.1 Å². The summed E-state index contributed by atoms with van der Waals surface area (Å²) in [5, 5.41) is 6.02. The summed E-state index contributed by atoms with van der Waals surface area (Å²) in [5.41, 5.74) is 0.602. The van der Waals surface area contributed by atoms with Gasteiger partial charge >= 0.3 is 0 Å². The molecule has 22 heavy (non-hydrogen) atoms. The average Bonchev–Trinajstić information content (AvgIpc) is 2.55. The summed E-state index contributed by atoms with van der Waals surface area (Å²) in [6.45, 7) is 1.64. The normalized spacial score (nSPS) is 22.1. The standard InChI is InChI=1S/C16H24N2O3S/c1-3-22(20,21)15-11-7-6-10-14(15)18-13-9-5-4-8-12(13)16(19)17-2/h6-7,10-13,18H,3-5,8-9H2,1-2H3,(H,17,19)/t12-,13+/m1/s1. The summed E-state index contributed by atoms with van der Waals surface area (Å²) in [7, 11) is -1.64. The fourth-order valence-electron chi connectivity index (χ4n) is 3.02. The molecule has 1 amide bonds. The first-order valence-corrected chi connectivity index (χ1v) is 9.44. The van der Waals surface area contributed by atoms with Crippen molar-refractivity contribution in [1.82, 2.24) is 5.32 Å². The van der Waals surface area contributed by atoms with Crippen molar-refractivity contribution in [2.75, 3.05) is 18.1 Å². The maximum absolute atomic E-state index is 12.2. The summed E-state index contributed by atoms with van der Waals surface area (Å²) in [4.78, 5) is 12.4. The Bertz CT molecular complexity index is 628. The van der Waals surface area contributed by atoms with Gasteiger partial charge in [-0.05, 0) is 25.0 Å². The zero-order valence-corrected chi connectivity index (χ0v) is 13.9. The van der Waals surface area contributed by atoms with Crippen LogP contribution in [0.2, 0.25) is 0 Å². The topological polar surface area (TPSA) is 75.3 Å². The lowest BCUT2D eigenvalue weighted by Crippen LogP contribution is -2.42. The average molecular weight is 324 g/mol. The molecule has 1 aromatic rings. The predicted molar refractivity (Wildman–Crippen MR) is 87.6 cm³/mol. The third-order valence-corrected chi connectivity index (χ3v) is 6.08. The van der Waals surface area contributed by atoms with E-state index < -0.39 is 9.84 Å². The number of hydrogen-bond acceptors (Lipinski definition) is 4. The Morgan fingerprint density at radius 1 is 1.23 bits per heavy atom. The number of amides is 1. The van der Waals surface area contributed by atoms with Gasteiger partial charge in [0.25, 0.3) is 0 Å². The number of nitrogens with one attached hydrogen (secondary N) is 2. The molecule has 6 heteroatoms. The monoisotopic (exact) mass is 324 g/mol. The Morgan fingerprint density at radius 2 is 1.91 bits per heavy atom. The smallest absolute Gasteiger partial charge is 0.224 e. The van der Waals surface area contributed by atoms with E-state index in [1.807, 2.05) is 6.07 Å². The van der Waals surface area contributed by atoms with Crippen molar-refractivity contribution in [3.8, 4) is 0 Å². The van der Waals surface area contributed by atoms with Crippen molar-refractivity contribution < 1.29 is 13.2 Å². The molecule has 2 rings (SSSR count). The molecule has 2 N–H and O–H groups in total. The van der Waals surface area contributed by atoms with Crippen LogP contribution in [0.25, 0.3) is 0 Å². The zero-order valence-electron chi connectivity index (χ0n) is 13.1. The van der Waals surface area contributed by atoms with Gasteiger partial charge in [-0.15, -0.1) is 0 Å². The van der Waals surface area contributed by atoms with Crippen LogP contribution < -0.4 is 10.6 Å². The lowest BCUT2D eigenvalue weighted by atomic mass is 9.83. The van der Waals surface area contributed by atoms with Gasteiger partial charge in [-0.2, -0.15) is 0 Å². The van der Waals surface area contributed by atoms with Crippen LogP contribution in [0.1, 0.15) is 32.6 Å². The zero-order chi connectivity index (χ0) is 16.2. The molecule has 1 aliphatic carbocycles. The third kappa shape index (κ3) is 3.61. The van der Waals surface area contributed by atoms with Crippen molar-refractivity contribution in [2.45, 2.75) is 43.5 Å². The lowest BCUT2D eigenvalue weighted by molar-refractivity contribution is -0.125. The Kier molecular flexibility index (Phi) is 5.45. The molecule has 1 saturated carbocycles. The SMILES string of the molecule is CCS(=O)(=O)c1ccccc1N[C@H]1CCCC[C@H]1C(=O)NC. The molecule has 0 saturated heterocycles. The molecule has 2 atom stereocenters. The van der Waals surface area contributed by atoms with E-state index in [-0.39, 0.29) is 23.6 Å². The van der Waals surface area contributed by atoms with E-state index in [1.54, 1.807) is 32.2 Å². The van der Waals surface area contributed by atoms with Gasteiger partial charge < -0.3 is 10.6 Å². The second-order valence-corrected chi connectivity index (χ2v) is 7.90. The molecular formula is C16H24N2O3S. The van der Waals surface area contributed by atoms with Crippen LogP contribution in [0.5, 0.6) is 0 Å². The maximum atomic E-state index is 12.2. The van der Waals surface area contributed by atoms with Crippen LogP contribution in [0.3, 0.4) is 0 Å². The lowest BCUT2D eigenvalue weighted by Gasteiger charge is -2.32. The molecule has 1 aromatic carbocycles. The van der Waals surface area contributed by atoms with Gasteiger partial charge in [0.1, 0.15) is 0 Å². The predicted octanol–water partition coefficient (Wildman–Crippen LogP) is 2.20. The molecule has 0 heterocycles. The number of rotatable bonds is 5. The van der Waals surface area contributed by atoms with Crippen molar-refractivity contribution in [1.29, 1.82) is 0 Å². The van der Waals surface area contributed by atoms with E-state index in [2.05, 4.69) is 10.6 Å². The number of carbonyl (C=O) groups is 1. The van der Waals surface area contributed by atoms with Crippen LogP contribution in [-0.4, -0.2) is 33.2 Å². The van der Waals surface area contributed by atoms with Crippen molar-refractivity contribution >= 4 is 21.4 Å². The van der Waals surface area contributed by atoms with Gasteiger partial charge in [-0.25, -0.2) is 8.42 Å². The van der Waals surface area contributed by atoms with E-state index in [9.17, 15) is 13.2 Å². The minimum Gasteiger partial charge on any atom is -0.380 e. The molecule has 1 fully saturated rings. The number of para-hydroxylation sites is 1. The first kappa shape index (κ1) is 16.8. The number of hydrogen-bond donors (Lipinski definition) is 2. The molecule has 0 aromatic heterocycles. The van der Waals surface area contributed by atoms with Crippen LogP contribution in [-0.2, 0) is 14.6 Å². The highest BCUT2D eigenvalue weighted by molar-refractivity contribution is 7.91. The van der Waals surface area contributed by atoms with E-state index in [0.717, 1.165) is 25.7 Å². The van der Waals surface area contributed by atoms with Crippen LogP contribution in [0, 0.1) is 5.92 Å². The third-order valence-electron chi connectivity index (χ3n) is 4.29. The second-order valence-electron chi connectivity index (χ2n) is 5.66. The largest absolute Gasteiger partial charge is 0.380 e. The second kappa shape index (κ2) is 7.13. The first-order chi connectivity index (χ1) is 10.5. The Morgan fingerprint density at radius 3 is 2.59 bits per heavy atom. The molecule has 0 aliphatic heterocycles.